The predicted molar refractivity (Wildman–Crippen MR) is 114 cm³/mol. The summed E-state index contributed by atoms with van der Waals surface area (Å²) in [4.78, 5) is 24.5. The fourth-order valence-corrected chi connectivity index (χ4v) is 2.70. The van der Waals surface area contributed by atoms with Crippen LogP contribution in [0.1, 0.15) is 71.0 Å². The second-order valence-corrected chi connectivity index (χ2v) is 8.06. The molecule has 0 saturated heterocycles. The molecule has 154 valence electrons. The summed E-state index contributed by atoms with van der Waals surface area (Å²) < 4.78 is 0. The monoisotopic (exact) mass is 397 g/mol. The van der Waals surface area contributed by atoms with Crippen molar-refractivity contribution < 1.29 is 9.59 Å². The van der Waals surface area contributed by atoms with E-state index in [0.29, 0.717) is 18.9 Å². The van der Waals surface area contributed by atoms with Gasteiger partial charge in [0.05, 0.1) is 0 Å². The standard InChI is InChI=1S/C21H35N3O2.ClH/c1-13(2)11-19(25)24-20(15(5)6)21(26)23-12-18(22)17-9-7-16(8-10-17)14(3)4;/h7-10,13-15,18,20H,11-12,22H2,1-6H3,(H,23,26)(H,24,25);1H. The van der Waals surface area contributed by atoms with E-state index >= 15 is 0 Å². The van der Waals surface area contributed by atoms with Crippen molar-refractivity contribution >= 4 is 24.2 Å². The molecule has 0 saturated carbocycles. The van der Waals surface area contributed by atoms with Crippen molar-refractivity contribution in [2.75, 3.05) is 6.54 Å². The molecule has 0 spiro atoms. The van der Waals surface area contributed by atoms with E-state index in [-0.39, 0.29) is 42.1 Å². The lowest BCUT2D eigenvalue weighted by Gasteiger charge is -2.23. The molecule has 0 aliphatic rings. The maximum atomic E-state index is 12.5. The highest BCUT2D eigenvalue weighted by Crippen LogP contribution is 2.17. The molecule has 6 heteroatoms. The number of halogens is 1. The molecular weight excluding hydrogens is 362 g/mol. The van der Waals surface area contributed by atoms with Crippen molar-refractivity contribution in [3.63, 3.8) is 0 Å². The second kappa shape index (κ2) is 12.0. The molecule has 0 aromatic heterocycles. The molecule has 4 N–H and O–H groups in total. The summed E-state index contributed by atoms with van der Waals surface area (Å²) in [6.07, 6.45) is 0.415. The van der Waals surface area contributed by atoms with E-state index in [4.69, 9.17) is 5.73 Å². The molecule has 2 amide bonds. The van der Waals surface area contributed by atoms with E-state index in [0.717, 1.165) is 5.56 Å². The Balaban J connectivity index is 0.00000676. The molecule has 5 nitrogen and oxygen atoms in total. The Bertz CT molecular complexity index is 586. The Morgan fingerprint density at radius 3 is 1.93 bits per heavy atom. The zero-order valence-corrected chi connectivity index (χ0v) is 18.2. The highest BCUT2D eigenvalue weighted by Gasteiger charge is 2.24. The summed E-state index contributed by atoms with van der Waals surface area (Å²) in [7, 11) is 0. The summed E-state index contributed by atoms with van der Waals surface area (Å²) in [5.74, 6) is 0.454. The smallest absolute Gasteiger partial charge is 0.242 e. The zero-order chi connectivity index (χ0) is 19.9. The molecule has 0 radical (unpaired) electrons. The number of benzene rings is 1. The molecule has 1 aromatic carbocycles. The van der Waals surface area contributed by atoms with Crippen molar-refractivity contribution in [3.8, 4) is 0 Å². The third-order valence-corrected chi connectivity index (χ3v) is 4.39. The van der Waals surface area contributed by atoms with Crippen LogP contribution in [0.5, 0.6) is 0 Å². The molecule has 0 heterocycles. The number of nitrogens with two attached hydrogens (primary N) is 1. The van der Waals surface area contributed by atoms with Crippen LogP contribution in [0.25, 0.3) is 0 Å². The first-order valence-electron chi connectivity index (χ1n) is 9.54. The number of nitrogens with one attached hydrogen (secondary N) is 2. The average molecular weight is 398 g/mol. The fraction of sp³-hybridized carbons (Fsp3) is 0.619. The molecule has 2 atom stereocenters. The molecule has 0 aliphatic carbocycles. The molecule has 27 heavy (non-hydrogen) atoms. The minimum Gasteiger partial charge on any atom is -0.352 e. The Morgan fingerprint density at radius 2 is 1.48 bits per heavy atom. The number of hydrogen-bond donors (Lipinski definition) is 3. The van der Waals surface area contributed by atoms with E-state index in [1.165, 1.54) is 5.56 Å². The van der Waals surface area contributed by atoms with E-state index in [9.17, 15) is 9.59 Å². The van der Waals surface area contributed by atoms with Gasteiger partial charge in [-0.2, -0.15) is 0 Å². The molecule has 0 fully saturated rings. The molecule has 1 rings (SSSR count). The summed E-state index contributed by atoms with van der Waals surface area (Å²) >= 11 is 0. The van der Waals surface area contributed by atoms with Gasteiger partial charge in [0, 0.05) is 19.0 Å². The van der Waals surface area contributed by atoms with Gasteiger partial charge in [-0.25, -0.2) is 0 Å². The van der Waals surface area contributed by atoms with E-state index in [1.807, 2.05) is 39.8 Å². The third-order valence-electron chi connectivity index (χ3n) is 4.39. The van der Waals surface area contributed by atoms with Gasteiger partial charge >= 0.3 is 0 Å². The van der Waals surface area contributed by atoms with Crippen LogP contribution in [-0.2, 0) is 9.59 Å². The van der Waals surface area contributed by atoms with Crippen LogP contribution in [0.3, 0.4) is 0 Å². The summed E-state index contributed by atoms with van der Waals surface area (Å²) in [5.41, 5.74) is 8.46. The lowest BCUT2D eigenvalue weighted by atomic mass is 9.99. The average Bonchev–Trinajstić information content (AvgIpc) is 2.56. The quantitative estimate of drug-likeness (QED) is 0.595. The van der Waals surface area contributed by atoms with Gasteiger partial charge in [0.15, 0.2) is 0 Å². The van der Waals surface area contributed by atoms with Gasteiger partial charge in [0.25, 0.3) is 0 Å². The van der Waals surface area contributed by atoms with Crippen LogP contribution in [0.4, 0.5) is 0 Å². The van der Waals surface area contributed by atoms with Crippen LogP contribution < -0.4 is 16.4 Å². The topological polar surface area (TPSA) is 84.2 Å². The first-order chi connectivity index (χ1) is 12.1. The summed E-state index contributed by atoms with van der Waals surface area (Å²) in [5, 5.41) is 5.72. The molecule has 0 aliphatic heterocycles. The van der Waals surface area contributed by atoms with Crippen LogP contribution in [0.2, 0.25) is 0 Å². The minimum absolute atomic E-state index is 0. The number of rotatable bonds is 9. The van der Waals surface area contributed by atoms with Crippen molar-refractivity contribution in [1.29, 1.82) is 0 Å². The SMILES string of the molecule is CC(C)CC(=O)NC(C(=O)NCC(N)c1ccc(C(C)C)cc1)C(C)C.Cl. The molecular formula is C21H36ClN3O2. The van der Waals surface area contributed by atoms with Gasteiger partial charge in [-0.3, -0.25) is 9.59 Å². The second-order valence-electron chi connectivity index (χ2n) is 8.06. The van der Waals surface area contributed by atoms with Gasteiger partial charge in [0.1, 0.15) is 6.04 Å². The van der Waals surface area contributed by atoms with Crippen molar-refractivity contribution in [3.05, 3.63) is 35.4 Å². The molecule has 1 aromatic rings. The van der Waals surface area contributed by atoms with Crippen LogP contribution in [-0.4, -0.2) is 24.4 Å². The summed E-state index contributed by atoms with van der Waals surface area (Å²) in [6, 6.07) is 7.35. The number of amides is 2. The van der Waals surface area contributed by atoms with Crippen LogP contribution in [0, 0.1) is 11.8 Å². The van der Waals surface area contributed by atoms with Gasteiger partial charge in [-0.15, -0.1) is 12.4 Å². The van der Waals surface area contributed by atoms with Gasteiger partial charge in [0.2, 0.25) is 11.8 Å². The maximum absolute atomic E-state index is 12.5. The largest absolute Gasteiger partial charge is 0.352 e. The van der Waals surface area contributed by atoms with Crippen molar-refractivity contribution in [1.82, 2.24) is 10.6 Å². The van der Waals surface area contributed by atoms with Crippen LogP contribution in [0.15, 0.2) is 24.3 Å². The Labute approximate surface area is 170 Å². The van der Waals surface area contributed by atoms with E-state index in [1.54, 1.807) is 0 Å². The molecule has 0 bridgehead atoms. The molecule has 2 unspecified atom stereocenters. The van der Waals surface area contributed by atoms with E-state index in [2.05, 4.69) is 36.6 Å². The van der Waals surface area contributed by atoms with Crippen LogP contribution >= 0.6 is 12.4 Å². The fourth-order valence-electron chi connectivity index (χ4n) is 2.70. The Morgan fingerprint density at radius 1 is 0.963 bits per heavy atom. The number of hydrogen-bond acceptors (Lipinski definition) is 3. The van der Waals surface area contributed by atoms with E-state index < -0.39 is 6.04 Å². The predicted octanol–water partition coefficient (Wildman–Crippen LogP) is 3.53. The summed E-state index contributed by atoms with van der Waals surface area (Å²) in [6.45, 7) is 12.4. The van der Waals surface area contributed by atoms with Gasteiger partial charge in [-0.1, -0.05) is 65.8 Å². The highest BCUT2D eigenvalue weighted by atomic mass is 35.5. The van der Waals surface area contributed by atoms with Gasteiger partial charge < -0.3 is 16.4 Å². The zero-order valence-electron chi connectivity index (χ0n) is 17.4. The normalized spacial score (nSPS) is 13.3. The lowest BCUT2D eigenvalue weighted by Crippen LogP contribution is -2.50. The first-order valence-corrected chi connectivity index (χ1v) is 9.54. The Hall–Kier alpha value is -1.59. The lowest BCUT2D eigenvalue weighted by molar-refractivity contribution is -0.130. The van der Waals surface area contributed by atoms with Crippen molar-refractivity contribution in [2.24, 2.45) is 17.6 Å². The Kier molecular flexibility index (Phi) is 11.3. The number of carbonyl (C=O) groups is 2. The maximum Gasteiger partial charge on any atom is 0.242 e. The third kappa shape index (κ3) is 8.76. The van der Waals surface area contributed by atoms with Gasteiger partial charge in [-0.05, 0) is 28.9 Å². The minimum atomic E-state index is -0.545. The van der Waals surface area contributed by atoms with Crippen molar-refractivity contribution in [2.45, 2.75) is 66.0 Å². The first kappa shape index (κ1) is 25.4. The highest BCUT2D eigenvalue weighted by molar-refractivity contribution is 5.87. The number of carbonyl (C=O) groups excluding carboxylic acids is 2.